The third-order valence-corrected chi connectivity index (χ3v) is 7.17. The monoisotopic (exact) mass is 390 g/mol. The first-order valence-corrected chi connectivity index (χ1v) is 11.2. The molecule has 1 saturated carbocycles. The smallest absolute Gasteiger partial charge is 0.223 e. The molecule has 0 N–H and O–H groups in total. The third-order valence-electron chi connectivity index (χ3n) is 7.17. The van der Waals surface area contributed by atoms with E-state index < -0.39 is 0 Å². The highest BCUT2D eigenvalue weighted by Crippen LogP contribution is 2.35. The molecule has 2 atom stereocenters. The fourth-order valence-corrected chi connectivity index (χ4v) is 5.65. The summed E-state index contributed by atoms with van der Waals surface area (Å²) < 4.78 is 1.95. The average molecular weight is 391 g/mol. The number of hydrogen-bond donors (Lipinski definition) is 0. The van der Waals surface area contributed by atoms with Crippen molar-refractivity contribution in [2.24, 2.45) is 5.92 Å². The molecule has 5 rings (SSSR count). The number of fused-ring (bicyclic) bond motifs is 4. The second-order valence-electron chi connectivity index (χ2n) is 8.85. The maximum atomic E-state index is 13.1. The zero-order chi connectivity index (χ0) is 20.0. The number of carbonyl (C=O) groups excluding carboxylic acids is 1. The molecule has 3 aromatic rings. The number of nitrogens with zero attached hydrogens (tertiary/aromatic N) is 4. The second-order valence-corrected chi connectivity index (χ2v) is 8.85. The Morgan fingerprint density at radius 3 is 2.79 bits per heavy atom. The first-order valence-electron chi connectivity index (χ1n) is 11.2. The Bertz CT molecular complexity index is 1070. The summed E-state index contributed by atoms with van der Waals surface area (Å²) in [6.45, 7) is 5.11. The lowest BCUT2D eigenvalue weighted by Crippen LogP contribution is -2.49. The maximum Gasteiger partial charge on any atom is 0.223 e. The largest absolute Gasteiger partial charge is 0.339 e. The van der Waals surface area contributed by atoms with Gasteiger partial charge in [-0.05, 0) is 69.6 Å². The van der Waals surface area contributed by atoms with E-state index in [2.05, 4.69) is 24.8 Å². The molecule has 5 nitrogen and oxygen atoms in total. The Morgan fingerprint density at radius 1 is 1.10 bits per heavy atom. The highest BCUT2D eigenvalue weighted by Gasteiger charge is 2.35. The van der Waals surface area contributed by atoms with Crippen LogP contribution in [0.1, 0.15) is 61.9 Å². The zero-order valence-electron chi connectivity index (χ0n) is 17.5. The average Bonchev–Trinajstić information content (AvgIpc) is 3.12. The van der Waals surface area contributed by atoms with Crippen LogP contribution >= 0.6 is 0 Å². The third kappa shape index (κ3) is 3.21. The Kier molecular flexibility index (Phi) is 4.76. The summed E-state index contributed by atoms with van der Waals surface area (Å²) in [4.78, 5) is 20.2. The number of aromatic nitrogens is 3. The van der Waals surface area contributed by atoms with Gasteiger partial charge in [0.05, 0.1) is 5.52 Å². The molecule has 29 heavy (non-hydrogen) atoms. The highest BCUT2D eigenvalue weighted by molar-refractivity contribution is 5.92. The van der Waals surface area contributed by atoms with Gasteiger partial charge in [-0.2, -0.15) is 5.10 Å². The van der Waals surface area contributed by atoms with Crippen molar-refractivity contribution in [3.8, 4) is 0 Å². The number of amides is 1. The first kappa shape index (κ1) is 18.6. The van der Waals surface area contributed by atoms with Crippen molar-refractivity contribution in [2.45, 2.75) is 71.3 Å². The van der Waals surface area contributed by atoms with E-state index in [-0.39, 0.29) is 0 Å². The normalized spacial score (nSPS) is 22.2. The first-order chi connectivity index (χ1) is 14.1. The molecule has 2 aromatic heterocycles. The summed E-state index contributed by atoms with van der Waals surface area (Å²) in [6.07, 6.45) is 8.89. The van der Waals surface area contributed by atoms with Crippen molar-refractivity contribution in [3.05, 3.63) is 41.2 Å². The SMILES string of the molecule is Cc1nc2c3ccccc3nn2c(C)c1CCC(=O)N1CCCC2CCCCC21. The van der Waals surface area contributed by atoms with Gasteiger partial charge in [0.15, 0.2) is 5.65 Å². The van der Waals surface area contributed by atoms with Crippen LogP contribution < -0.4 is 0 Å². The van der Waals surface area contributed by atoms with Gasteiger partial charge in [0.1, 0.15) is 0 Å². The molecule has 2 unspecified atom stereocenters. The Hall–Kier alpha value is -2.43. The number of benzene rings is 1. The topological polar surface area (TPSA) is 50.5 Å². The number of aryl methyl sites for hydroxylation is 2. The number of carbonyl (C=O) groups is 1. The van der Waals surface area contributed by atoms with Gasteiger partial charge in [-0.25, -0.2) is 9.50 Å². The van der Waals surface area contributed by atoms with Gasteiger partial charge >= 0.3 is 0 Å². The second kappa shape index (κ2) is 7.43. The Labute approximate surface area is 172 Å². The van der Waals surface area contributed by atoms with Crippen LogP contribution in [0.5, 0.6) is 0 Å². The molecule has 1 aliphatic carbocycles. The fourth-order valence-electron chi connectivity index (χ4n) is 5.65. The predicted molar refractivity (Wildman–Crippen MR) is 115 cm³/mol. The summed E-state index contributed by atoms with van der Waals surface area (Å²) in [5.41, 5.74) is 5.16. The summed E-state index contributed by atoms with van der Waals surface area (Å²) in [5, 5.41) is 5.83. The minimum Gasteiger partial charge on any atom is -0.339 e. The van der Waals surface area contributed by atoms with Crippen LogP contribution in [0.3, 0.4) is 0 Å². The van der Waals surface area contributed by atoms with Crippen LogP contribution in [0.4, 0.5) is 0 Å². The van der Waals surface area contributed by atoms with E-state index in [9.17, 15) is 4.79 Å². The van der Waals surface area contributed by atoms with E-state index in [0.717, 1.165) is 52.4 Å². The summed E-state index contributed by atoms with van der Waals surface area (Å²) >= 11 is 0. The summed E-state index contributed by atoms with van der Waals surface area (Å²) in [6, 6.07) is 8.63. The molecule has 2 aliphatic rings. The fraction of sp³-hybridized carbons (Fsp3) is 0.542. The van der Waals surface area contributed by atoms with Crippen LogP contribution in [-0.2, 0) is 11.2 Å². The molecule has 3 heterocycles. The molecule has 0 spiro atoms. The van der Waals surface area contributed by atoms with Crippen molar-refractivity contribution < 1.29 is 4.79 Å². The van der Waals surface area contributed by atoms with Crippen molar-refractivity contribution in [2.75, 3.05) is 6.54 Å². The van der Waals surface area contributed by atoms with E-state index >= 15 is 0 Å². The summed E-state index contributed by atoms with van der Waals surface area (Å²) in [7, 11) is 0. The minimum absolute atomic E-state index is 0.325. The van der Waals surface area contributed by atoms with Gasteiger partial charge in [0.2, 0.25) is 5.91 Å². The molecular formula is C24H30N4O. The maximum absolute atomic E-state index is 13.1. The zero-order valence-corrected chi connectivity index (χ0v) is 17.5. The predicted octanol–water partition coefficient (Wildman–Crippen LogP) is 4.61. The standard InChI is InChI=1S/C24H30N4O/c1-16-19(17(2)28-24(25-16)20-10-4-5-11-21(20)26-28)13-14-23(29)27-15-7-9-18-8-3-6-12-22(18)27/h4-5,10-11,18,22H,3,6-9,12-15H2,1-2H3. The quantitative estimate of drug-likeness (QED) is 0.656. The molecular weight excluding hydrogens is 360 g/mol. The Morgan fingerprint density at radius 2 is 1.90 bits per heavy atom. The van der Waals surface area contributed by atoms with Crippen LogP contribution in [0.15, 0.2) is 24.3 Å². The number of rotatable bonds is 3. The van der Waals surface area contributed by atoms with E-state index in [0.29, 0.717) is 18.4 Å². The van der Waals surface area contributed by atoms with Gasteiger partial charge in [-0.3, -0.25) is 4.79 Å². The van der Waals surface area contributed by atoms with E-state index in [1.54, 1.807) is 0 Å². The van der Waals surface area contributed by atoms with Gasteiger partial charge in [-0.15, -0.1) is 0 Å². The Balaban J connectivity index is 1.39. The van der Waals surface area contributed by atoms with Gasteiger partial charge in [-0.1, -0.05) is 25.0 Å². The van der Waals surface area contributed by atoms with Gasteiger partial charge in [0, 0.05) is 35.8 Å². The van der Waals surface area contributed by atoms with E-state index in [1.807, 2.05) is 22.7 Å². The van der Waals surface area contributed by atoms with E-state index in [1.165, 1.54) is 38.5 Å². The van der Waals surface area contributed by atoms with Crippen molar-refractivity contribution in [1.82, 2.24) is 19.5 Å². The van der Waals surface area contributed by atoms with Crippen LogP contribution in [0, 0.1) is 19.8 Å². The molecule has 1 saturated heterocycles. The molecule has 152 valence electrons. The lowest BCUT2D eigenvalue weighted by atomic mass is 9.78. The van der Waals surface area contributed by atoms with Crippen LogP contribution in [0.25, 0.3) is 16.6 Å². The lowest BCUT2D eigenvalue weighted by Gasteiger charge is -2.44. The molecule has 1 aromatic carbocycles. The van der Waals surface area contributed by atoms with Gasteiger partial charge < -0.3 is 4.90 Å². The number of piperidine rings is 1. The highest BCUT2D eigenvalue weighted by atomic mass is 16.2. The molecule has 1 aliphatic heterocycles. The lowest BCUT2D eigenvalue weighted by molar-refractivity contribution is -0.137. The minimum atomic E-state index is 0.325. The molecule has 0 bridgehead atoms. The van der Waals surface area contributed by atoms with Gasteiger partial charge in [0.25, 0.3) is 0 Å². The van der Waals surface area contributed by atoms with Crippen molar-refractivity contribution in [1.29, 1.82) is 0 Å². The van der Waals surface area contributed by atoms with Crippen LogP contribution in [0.2, 0.25) is 0 Å². The van der Waals surface area contributed by atoms with Crippen molar-refractivity contribution >= 4 is 22.5 Å². The summed E-state index contributed by atoms with van der Waals surface area (Å²) in [5.74, 6) is 1.06. The molecule has 1 amide bonds. The number of hydrogen-bond acceptors (Lipinski definition) is 3. The molecule has 2 fully saturated rings. The van der Waals surface area contributed by atoms with Crippen LogP contribution in [-0.4, -0.2) is 38.0 Å². The number of likely N-dealkylation sites (tertiary alicyclic amines) is 1. The van der Waals surface area contributed by atoms with Crippen molar-refractivity contribution in [3.63, 3.8) is 0 Å². The molecule has 0 radical (unpaired) electrons. The molecule has 5 heteroatoms. The van der Waals surface area contributed by atoms with E-state index in [4.69, 9.17) is 10.1 Å².